The number of carbonyl (C=O) groups excluding carboxylic acids is 1. The summed E-state index contributed by atoms with van der Waals surface area (Å²) in [6, 6.07) is 27.8. The number of rotatable bonds is 14. The van der Waals surface area contributed by atoms with Gasteiger partial charge in [-0.3, -0.25) is 9.69 Å². The number of aromatic nitrogens is 1. The van der Waals surface area contributed by atoms with Crippen molar-refractivity contribution in [2.24, 2.45) is 0 Å². The standard InChI is InChI=1S/C43H41ClF3N3O5.ClH/c1-30-25-34(26-39(44)42(30)55-40-17-16-38(27-48-40)54-29-33-3-10-35(11-4-33)43(45,46)47)9-18-41(51)50-22-20-49(21-23-50)28-32-7-14-37(15-8-32)53-24-19-31-5-12-36(52-2)13-6-31;/h3-18,25-27H,19-24,28-29H2,1-2H3;1H. The Labute approximate surface area is 335 Å². The molecule has 0 saturated carbocycles. The van der Waals surface area contributed by atoms with Crippen LogP contribution in [0.2, 0.25) is 5.02 Å². The molecule has 0 aliphatic carbocycles. The molecule has 8 nitrogen and oxygen atoms in total. The van der Waals surface area contributed by atoms with Crippen molar-refractivity contribution in [3.05, 3.63) is 148 Å². The zero-order valence-corrected chi connectivity index (χ0v) is 32.5. The van der Waals surface area contributed by atoms with Gasteiger partial charge in [0.2, 0.25) is 11.8 Å². The van der Waals surface area contributed by atoms with Gasteiger partial charge in [0.25, 0.3) is 0 Å². The number of halogens is 5. The Bertz CT molecular complexity index is 2030. The summed E-state index contributed by atoms with van der Waals surface area (Å²) in [6.45, 7) is 6.15. The van der Waals surface area contributed by atoms with Crippen molar-refractivity contribution in [3.8, 4) is 28.9 Å². The molecule has 0 spiro atoms. The van der Waals surface area contributed by atoms with Crippen LogP contribution in [-0.2, 0) is 30.5 Å². The Morgan fingerprint density at radius 1 is 0.821 bits per heavy atom. The number of hydrogen-bond donors (Lipinski definition) is 0. The Hall–Kier alpha value is -5.23. The molecule has 0 atom stereocenters. The molecule has 2 heterocycles. The van der Waals surface area contributed by atoms with Crippen molar-refractivity contribution in [2.75, 3.05) is 39.9 Å². The molecule has 0 unspecified atom stereocenters. The van der Waals surface area contributed by atoms with E-state index in [1.807, 2.05) is 54.3 Å². The van der Waals surface area contributed by atoms with Gasteiger partial charge < -0.3 is 23.8 Å². The molecule has 13 heteroatoms. The van der Waals surface area contributed by atoms with E-state index in [1.165, 1.54) is 29.5 Å². The number of benzene rings is 4. The molecule has 294 valence electrons. The first-order valence-electron chi connectivity index (χ1n) is 17.8. The average molecular weight is 809 g/mol. The Morgan fingerprint density at radius 2 is 1.46 bits per heavy atom. The maximum atomic E-state index is 13.0. The molecule has 6 rings (SSSR count). The number of hydrogen-bond acceptors (Lipinski definition) is 7. The number of carbonyl (C=O) groups is 1. The van der Waals surface area contributed by atoms with Crippen molar-refractivity contribution in [1.29, 1.82) is 0 Å². The topological polar surface area (TPSA) is 73.4 Å². The van der Waals surface area contributed by atoms with Crippen LogP contribution in [0.15, 0.2) is 109 Å². The third-order valence-electron chi connectivity index (χ3n) is 9.10. The van der Waals surface area contributed by atoms with Crippen LogP contribution in [0.1, 0.15) is 33.4 Å². The fourth-order valence-corrected chi connectivity index (χ4v) is 6.30. The summed E-state index contributed by atoms with van der Waals surface area (Å²) in [4.78, 5) is 21.5. The lowest BCUT2D eigenvalue weighted by Crippen LogP contribution is -2.47. The van der Waals surface area contributed by atoms with E-state index in [1.54, 1.807) is 37.5 Å². The zero-order valence-electron chi connectivity index (χ0n) is 30.9. The van der Waals surface area contributed by atoms with Crippen LogP contribution in [0.25, 0.3) is 6.08 Å². The van der Waals surface area contributed by atoms with Crippen molar-refractivity contribution in [3.63, 3.8) is 0 Å². The number of ether oxygens (including phenoxy) is 4. The van der Waals surface area contributed by atoms with Crippen LogP contribution in [0, 0.1) is 6.92 Å². The van der Waals surface area contributed by atoms with E-state index in [0.29, 0.717) is 41.8 Å². The van der Waals surface area contributed by atoms with Gasteiger partial charge in [-0.2, -0.15) is 13.2 Å². The minimum Gasteiger partial charge on any atom is -0.497 e. The number of methoxy groups -OCH3 is 1. The first kappa shape index (κ1) is 41.9. The quantitative estimate of drug-likeness (QED) is 0.104. The number of piperazine rings is 1. The summed E-state index contributed by atoms with van der Waals surface area (Å²) in [6.07, 6.45) is 1.21. The second-order valence-corrected chi connectivity index (χ2v) is 13.5. The van der Waals surface area contributed by atoms with E-state index >= 15 is 0 Å². The van der Waals surface area contributed by atoms with Crippen molar-refractivity contribution in [1.82, 2.24) is 14.8 Å². The van der Waals surface area contributed by atoms with E-state index in [0.717, 1.165) is 60.8 Å². The number of aryl methyl sites for hydroxylation is 1. The maximum absolute atomic E-state index is 13.0. The third kappa shape index (κ3) is 11.9. The molecule has 56 heavy (non-hydrogen) atoms. The molecule has 0 N–H and O–H groups in total. The molecule has 1 aliphatic rings. The molecule has 1 saturated heterocycles. The smallest absolute Gasteiger partial charge is 0.416 e. The van der Waals surface area contributed by atoms with Crippen LogP contribution < -0.4 is 18.9 Å². The summed E-state index contributed by atoms with van der Waals surface area (Å²) in [7, 11) is 1.66. The molecular formula is C43H42Cl2F3N3O5. The van der Waals surface area contributed by atoms with Crippen LogP contribution in [0.3, 0.4) is 0 Å². The first-order chi connectivity index (χ1) is 26.5. The average Bonchev–Trinajstić information content (AvgIpc) is 3.19. The monoisotopic (exact) mass is 807 g/mol. The van der Waals surface area contributed by atoms with Crippen LogP contribution in [-0.4, -0.2) is 60.6 Å². The highest BCUT2D eigenvalue weighted by molar-refractivity contribution is 6.32. The second-order valence-electron chi connectivity index (χ2n) is 13.1. The number of alkyl halides is 3. The van der Waals surface area contributed by atoms with Crippen molar-refractivity contribution in [2.45, 2.75) is 32.7 Å². The van der Waals surface area contributed by atoms with E-state index in [9.17, 15) is 18.0 Å². The highest BCUT2D eigenvalue weighted by atomic mass is 35.5. The predicted octanol–water partition coefficient (Wildman–Crippen LogP) is 9.84. The lowest BCUT2D eigenvalue weighted by molar-refractivity contribution is -0.137. The maximum Gasteiger partial charge on any atom is 0.416 e. The Kier molecular flexibility index (Phi) is 14.7. The minimum absolute atomic E-state index is 0. The summed E-state index contributed by atoms with van der Waals surface area (Å²) < 4.78 is 61.2. The van der Waals surface area contributed by atoms with Crippen molar-refractivity contribution >= 4 is 36.0 Å². The molecule has 1 aromatic heterocycles. The normalized spacial score (nSPS) is 13.3. The molecule has 1 aliphatic heterocycles. The zero-order chi connectivity index (χ0) is 38.8. The SMILES string of the molecule is COc1ccc(CCOc2ccc(CN3CCN(C(=O)C=Cc4cc(C)c(Oc5ccc(OCc6ccc(C(F)(F)F)cc6)cn5)c(Cl)c4)CC3)cc2)cc1.Cl. The molecule has 1 fully saturated rings. The summed E-state index contributed by atoms with van der Waals surface area (Å²) >= 11 is 6.59. The van der Waals surface area contributed by atoms with E-state index in [4.69, 9.17) is 30.5 Å². The second kappa shape index (κ2) is 19.6. The number of amides is 1. The first-order valence-corrected chi connectivity index (χ1v) is 18.2. The molecule has 0 radical (unpaired) electrons. The minimum atomic E-state index is -4.39. The van der Waals surface area contributed by atoms with Gasteiger partial charge in [0.05, 0.1) is 30.5 Å². The van der Waals surface area contributed by atoms with E-state index in [2.05, 4.69) is 22.0 Å². The Balaban J connectivity index is 0.00000600. The molecular weight excluding hydrogens is 766 g/mol. The highest BCUT2D eigenvalue weighted by Gasteiger charge is 2.30. The highest BCUT2D eigenvalue weighted by Crippen LogP contribution is 2.34. The number of nitrogens with zero attached hydrogens (tertiary/aromatic N) is 3. The summed E-state index contributed by atoms with van der Waals surface area (Å²) in [5.74, 6) is 2.76. The summed E-state index contributed by atoms with van der Waals surface area (Å²) in [5, 5.41) is 0.360. The largest absolute Gasteiger partial charge is 0.497 e. The molecule has 0 bridgehead atoms. The fourth-order valence-electron chi connectivity index (χ4n) is 5.98. The lowest BCUT2D eigenvalue weighted by atomic mass is 10.1. The van der Waals surface area contributed by atoms with Gasteiger partial charge in [-0.05, 0) is 95.4 Å². The van der Waals surface area contributed by atoms with Gasteiger partial charge in [0.1, 0.15) is 23.9 Å². The van der Waals surface area contributed by atoms with Crippen LogP contribution in [0.4, 0.5) is 13.2 Å². The predicted molar refractivity (Wildman–Crippen MR) is 213 cm³/mol. The van der Waals surface area contributed by atoms with Gasteiger partial charge in [-0.15, -0.1) is 12.4 Å². The third-order valence-corrected chi connectivity index (χ3v) is 9.39. The van der Waals surface area contributed by atoms with E-state index in [-0.39, 0.29) is 30.8 Å². The summed E-state index contributed by atoms with van der Waals surface area (Å²) in [5.41, 5.74) is 3.78. The van der Waals surface area contributed by atoms with Gasteiger partial charge in [0.15, 0.2) is 5.75 Å². The molecule has 5 aromatic rings. The fraction of sp³-hybridized carbons (Fsp3) is 0.256. The molecule has 4 aromatic carbocycles. The van der Waals surface area contributed by atoms with Crippen LogP contribution in [0.5, 0.6) is 28.9 Å². The number of pyridine rings is 1. The lowest BCUT2D eigenvalue weighted by Gasteiger charge is -2.34. The van der Waals surface area contributed by atoms with Gasteiger partial charge >= 0.3 is 6.18 Å². The van der Waals surface area contributed by atoms with Crippen molar-refractivity contribution < 1.29 is 36.9 Å². The van der Waals surface area contributed by atoms with Crippen LogP contribution >= 0.6 is 24.0 Å². The van der Waals surface area contributed by atoms with Gasteiger partial charge in [-0.25, -0.2) is 4.98 Å². The molecule has 1 amide bonds. The van der Waals surface area contributed by atoms with E-state index < -0.39 is 11.7 Å². The van der Waals surface area contributed by atoms with Gasteiger partial charge in [-0.1, -0.05) is 48.0 Å². The Morgan fingerprint density at radius 3 is 2.09 bits per heavy atom. The van der Waals surface area contributed by atoms with Gasteiger partial charge in [0, 0.05) is 51.3 Å².